The van der Waals surface area contributed by atoms with Crippen LogP contribution >= 0.6 is 0 Å². The van der Waals surface area contributed by atoms with E-state index in [1.54, 1.807) is 7.11 Å². The molecule has 0 radical (unpaired) electrons. The van der Waals surface area contributed by atoms with Crippen LogP contribution in [0.15, 0.2) is 4.52 Å². The number of methoxy groups -OCH3 is 1. The van der Waals surface area contributed by atoms with Gasteiger partial charge in [0.1, 0.15) is 6.61 Å². The Hall–Kier alpha value is -0.980. The molecule has 0 aromatic carbocycles. The van der Waals surface area contributed by atoms with E-state index in [2.05, 4.69) is 15.0 Å². The highest BCUT2D eigenvalue weighted by molar-refractivity contribution is 4.87. The highest BCUT2D eigenvalue weighted by Gasteiger charge is 2.23. The van der Waals surface area contributed by atoms with Crippen molar-refractivity contribution < 1.29 is 14.4 Å². The van der Waals surface area contributed by atoms with E-state index < -0.39 is 0 Å². The van der Waals surface area contributed by atoms with Gasteiger partial charge in [-0.3, -0.25) is 4.90 Å². The van der Waals surface area contributed by atoms with Crippen LogP contribution in [0.5, 0.6) is 0 Å². The van der Waals surface area contributed by atoms with E-state index in [1.807, 2.05) is 0 Å². The molecule has 0 spiro atoms. The van der Waals surface area contributed by atoms with Crippen LogP contribution in [0.3, 0.4) is 0 Å². The van der Waals surface area contributed by atoms with Crippen molar-refractivity contribution in [2.24, 2.45) is 0 Å². The maximum Gasteiger partial charge on any atom is 0.240 e. The average molecular weight is 241 g/mol. The standard InChI is InChI=1S/C11H19N3O3/c1-16-8-10-12-11(17-13-10)6-14-5-3-2-4-9(14)7-15/h9,15H,2-8H2,1H3. The van der Waals surface area contributed by atoms with E-state index in [9.17, 15) is 5.11 Å². The molecule has 2 heterocycles. The predicted molar refractivity (Wildman–Crippen MR) is 60.1 cm³/mol. The second-order valence-electron chi connectivity index (χ2n) is 4.34. The fourth-order valence-electron chi connectivity index (χ4n) is 2.19. The van der Waals surface area contributed by atoms with Crippen LogP contribution in [-0.4, -0.2) is 46.5 Å². The van der Waals surface area contributed by atoms with Crippen molar-refractivity contribution in [3.05, 3.63) is 11.7 Å². The molecule has 1 unspecified atom stereocenters. The number of hydrogen-bond donors (Lipinski definition) is 1. The fourth-order valence-corrected chi connectivity index (χ4v) is 2.19. The summed E-state index contributed by atoms with van der Waals surface area (Å²) in [5.41, 5.74) is 0. The highest BCUT2D eigenvalue weighted by atomic mass is 16.5. The molecule has 17 heavy (non-hydrogen) atoms. The van der Waals surface area contributed by atoms with Gasteiger partial charge in [0.05, 0.1) is 13.2 Å². The van der Waals surface area contributed by atoms with Crippen LogP contribution in [0, 0.1) is 0 Å². The van der Waals surface area contributed by atoms with Gasteiger partial charge in [0, 0.05) is 13.2 Å². The minimum Gasteiger partial charge on any atom is -0.395 e. The van der Waals surface area contributed by atoms with Crippen LogP contribution in [0.25, 0.3) is 0 Å². The molecule has 0 aliphatic carbocycles. The summed E-state index contributed by atoms with van der Waals surface area (Å²) in [6.45, 7) is 2.15. The smallest absolute Gasteiger partial charge is 0.240 e. The van der Waals surface area contributed by atoms with Gasteiger partial charge in [0.15, 0.2) is 5.82 Å². The summed E-state index contributed by atoms with van der Waals surface area (Å²) in [7, 11) is 1.60. The molecule has 6 nitrogen and oxygen atoms in total. The molecular formula is C11H19N3O3. The summed E-state index contributed by atoms with van der Waals surface area (Å²) in [5.74, 6) is 1.16. The SMILES string of the molecule is COCc1noc(CN2CCCCC2CO)n1. The molecule has 1 aliphatic rings. The molecule has 1 aromatic heterocycles. The normalized spacial score (nSPS) is 21.9. The van der Waals surface area contributed by atoms with E-state index in [0.717, 1.165) is 19.4 Å². The van der Waals surface area contributed by atoms with Gasteiger partial charge in [-0.1, -0.05) is 11.6 Å². The molecule has 1 aromatic rings. The monoisotopic (exact) mass is 241 g/mol. The third-order valence-electron chi connectivity index (χ3n) is 3.08. The number of hydrogen-bond acceptors (Lipinski definition) is 6. The van der Waals surface area contributed by atoms with E-state index >= 15 is 0 Å². The minimum absolute atomic E-state index is 0.194. The average Bonchev–Trinajstić information content (AvgIpc) is 2.78. The number of likely N-dealkylation sites (tertiary alicyclic amines) is 1. The first-order valence-corrected chi connectivity index (χ1v) is 5.98. The summed E-state index contributed by atoms with van der Waals surface area (Å²) in [4.78, 5) is 6.44. The lowest BCUT2D eigenvalue weighted by atomic mass is 10.0. The zero-order chi connectivity index (χ0) is 12.1. The Labute approximate surface area is 101 Å². The maximum absolute atomic E-state index is 9.30. The molecule has 1 fully saturated rings. The molecular weight excluding hydrogens is 222 g/mol. The zero-order valence-corrected chi connectivity index (χ0v) is 10.1. The molecule has 1 N–H and O–H groups in total. The molecule has 96 valence electrons. The molecule has 0 bridgehead atoms. The van der Waals surface area contributed by atoms with Gasteiger partial charge in [-0.15, -0.1) is 0 Å². The van der Waals surface area contributed by atoms with E-state index in [1.165, 1.54) is 6.42 Å². The van der Waals surface area contributed by atoms with Crippen LogP contribution < -0.4 is 0 Å². The van der Waals surface area contributed by atoms with Crippen molar-refractivity contribution in [3.63, 3.8) is 0 Å². The van der Waals surface area contributed by atoms with Crippen molar-refractivity contribution in [1.29, 1.82) is 0 Å². The molecule has 2 rings (SSSR count). The summed E-state index contributed by atoms with van der Waals surface area (Å²) >= 11 is 0. The molecule has 1 aliphatic heterocycles. The number of ether oxygens (including phenoxy) is 1. The summed E-state index contributed by atoms with van der Waals surface area (Å²) in [5, 5.41) is 13.1. The Morgan fingerprint density at radius 2 is 2.41 bits per heavy atom. The summed E-state index contributed by atoms with van der Waals surface area (Å²) < 4.78 is 10.1. The fraction of sp³-hybridized carbons (Fsp3) is 0.818. The number of piperidine rings is 1. The topological polar surface area (TPSA) is 71.6 Å². The second-order valence-corrected chi connectivity index (χ2v) is 4.34. The van der Waals surface area contributed by atoms with Crippen LogP contribution in [0.2, 0.25) is 0 Å². The van der Waals surface area contributed by atoms with Gasteiger partial charge in [0.2, 0.25) is 5.89 Å². The van der Waals surface area contributed by atoms with Crippen molar-refractivity contribution in [2.75, 3.05) is 20.3 Å². The molecule has 0 saturated carbocycles. The van der Waals surface area contributed by atoms with Crippen molar-refractivity contribution in [2.45, 2.75) is 38.5 Å². The minimum atomic E-state index is 0.194. The number of rotatable bonds is 5. The van der Waals surface area contributed by atoms with Crippen molar-refractivity contribution in [3.8, 4) is 0 Å². The highest BCUT2D eigenvalue weighted by Crippen LogP contribution is 2.18. The van der Waals surface area contributed by atoms with Gasteiger partial charge in [-0.05, 0) is 19.4 Å². The Morgan fingerprint density at radius 3 is 3.18 bits per heavy atom. The largest absolute Gasteiger partial charge is 0.395 e. The molecule has 1 atom stereocenters. The van der Waals surface area contributed by atoms with Gasteiger partial charge in [-0.2, -0.15) is 4.98 Å². The molecule has 1 saturated heterocycles. The van der Waals surface area contributed by atoms with E-state index in [-0.39, 0.29) is 12.6 Å². The maximum atomic E-state index is 9.30. The molecule has 0 amide bonds. The van der Waals surface area contributed by atoms with Gasteiger partial charge >= 0.3 is 0 Å². The van der Waals surface area contributed by atoms with Gasteiger partial charge in [0.25, 0.3) is 0 Å². The zero-order valence-electron chi connectivity index (χ0n) is 10.1. The van der Waals surface area contributed by atoms with Gasteiger partial charge in [-0.25, -0.2) is 0 Å². The first-order chi connectivity index (χ1) is 8.33. The van der Waals surface area contributed by atoms with Crippen LogP contribution in [0.1, 0.15) is 31.0 Å². The quantitative estimate of drug-likeness (QED) is 0.812. The predicted octanol–water partition coefficient (Wildman–Crippen LogP) is 0.563. The Bertz CT molecular complexity index is 342. The third-order valence-corrected chi connectivity index (χ3v) is 3.08. The van der Waals surface area contributed by atoms with E-state index in [4.69, 9.17) is 9.26 Å². The number of aliphatic hydroxyl groups excluding tert-OH is 1. The lowest BCUT2D eigenvalue weighted by molar-refractivity contribution is 0.0748. The van der Waals surface area contributed by atoms with E-state index in [0.29, 0.717) is 24.9 Å². The lowest BCUT2D eigenvalue weighted by Crippen LogP contribution is -2.41. The first kappa shape index (κ1) is 12.5. The van der Waals surface area contributed by atoms with Crippen LogP contribution in [-0.2, 0) is 17.9 Å². The summed E-state index contributed by atoms with van der Waals surface area (Å²) in [6.07, 6.45) is 3.38. The van der Waals surface area contributed by atoms with Crippen molar-refractivity contribution >= 4 is 0 Å². The Balaban J connectivity index is 1.93. The summed E-state index contributed by atoms with van der Waals surface area (Å²) in [6, 6.07) is 0.224. The van der Waals surface area contributed by atoms with Crippen molar-refractivity contribution in [1.82, 2.24) is 15.0 Å². The lowest BCUT2D eigenvalue weighted by Gasteiger charge is -2.33. The first-order valence-electron chi connectivity index (χ1n) is 5.98. The number of nitrogens with zero attached hydrogens (tertiary/aromatic N) is 3. The molecule has 6 heteroatoms. The number of aromatic nitrogens is 2. The van der Waals surface area contributed by atoms with Gasteiger partial charge < -0.3 is 14.4 Å². The Kier molecular flexibility index (Phi) is 4.47. The van der Waals surface area contributed by atoms with Crippen LogP contribution in [0.4, 0.5) is 0 Å². The number of aliphatic hydroxyl groups is 1. The third kappa shape index (κ3) is 3.24. The second kappa shape index (κ2) is 6.09. The Morgan fingerprint density at radius 1 is 1.53 bits per heavy atom.